The van der Waals surface area contributed by atoms with E-state index in [0.717, 1.165) is 11.5 Å². The number of nitrogens with zero attached hydrogens (tertiary/aromatic N) is 4. The van der Waals surface area contributed by atoms with E-state index in [1.54, 1.807) is 18.6 Å². The highest BCUT2D eigenvalue weighted by molar-refractivity contribution is 5.28. The van der Waals surface area contributed by atoms with E-state index < -0.39 is 0 Å². The van der Waals surface area contributed by atoms with Gasteiger partial charge in [0.05, 0.1) is 24.6 Å². The zero-order valence-electron chi connectivity index (χ0n) is 8.38. The minimum atomic E-state index is 0.557. The summed E-state index contributed by atoms with van der Waals surface area (Å²) in [4.78, 5) is 12.4. The van der Waals surface area contributed by atoms with Gasteiger partial charge in [0.15, 0.2) is 5.82 Å². The van der Waals surface area contributed by atoms with Gasteiger partial charge in [-0.2, -0.15) is 0 Å². The quantitative estimate of drug-likeness (QED) is 0.555. The molecule has 0 amide bonds. The first kappa shape index (κ1) is 9.60. The molecule has 3 N–H and O–H groups in total. The molecule has 2 aromatic heterocycles. The molecule has 2 heterocycles. The van der Waals surface area contributed by atoms with E-state index in [2.05, 4.69) is 20.4 Å². The summed E-state index contributed by atoms with van der Waals surface area (Å²) in [7, 11) is 0. The van der Waals surface area contributed by atoms with Gasteiger partial charge < -0.3 is 9.99 Å². The molecule has 2 aromatic rings. The second kappa shape index (κ2) is 4.05. The van der Waals surface area contributed by atoms with Crippen molar-refractivity contribution < 1.29 is 0 Å². The van der Waals surface area contributed by atoms with Crippen LogP contribution in [0.25, 0.3) is 0 Å². The predicted octanol–water partition coefficient (Wildman–Crippen LogP) is 0.315. The van der Waals surface area contributed by atoms with E-state index >= 15 is 0 Å². The third-order valence-electron chi connectivity index (χ3n) is 2.11. The summed E-state index contributed by atoms with van der Waals surface area (Å²) in [6, 6.07) is 0. The molecule has 0 saturated heterocycles. The standard InChI is InChI=1S/C9H12N6/c1-7-11-2-3-15(7)6-8-4-13-9(14-10)5-12-8/h2-5H,6,10H2,1H3,(H,13,14). The molecule has 0 aliphatic carbocycles. The molecular formula is C9H12N6. The van der Waals surface area contributed by atoms with Crippen molar-refractivity contribution in [3.05, 3.63) is 36.3 Å². The number of aromatic nitrogens is 4. The normalized spacial score (nSPS) is 10.3. The third-order valence-corrected chi connectivity index (χ3v) is 2.11. The van der Waals surface area contributed by atoms with Crippen LogP contribution in [0, 0.1) is 6.92 Å². The van der Waals surface area contributed by atoms with E-state index in [-0.39, 0.29) is 0 Å². The Hall–Kier alpha value is -1.95. The SMILES string of the molecule is Cc1nccn1Cc1cnc(NN)cn1. The molecule has 6 nitrogen and oxygen atoms in total. The van der Waals surface area contributed by atoms with Crippen molar-refractivity contribution in [1.29, 1.82) is 0 Å². The van der Waals surface area contributed by atoms with Crippen LogP contribution in [0.2, 0.25) is 0 Å². The Morgan fingerprint density at radius 1 is 1.33 bits per heavy atom. The topological polar surface area (TPSA) is 81.7 Å². The molecule has 6 heteroatoms. The first-order valence-electron chi connectivity index (χ1n) is 4.55. The summed E-state index contributed by atoms with van der Waals surface area (Å²) in [5, 5.41) is 0. The maximum Gasteiger partial charge on any atom is 0.158 e. The summed E-state index contributed by atoms with van der Waals surface area (Å²) in [6.07, 6.45) is 6.96. The lowest BCUT2D eigenvalue weighted by atomic mass is 10.4. The molecule has 0 spiro atoms. The molecule has 0 fully saturated rings. The smallest absolute Gasteiger partial charge is 0.158 e. The fourth-order valence-corrected chi connectivity index (χ4v) is 1.26. The molecule has 0 aliphatic rings. The molecule has 78 valence electrons. The molecule has 0 aliphatic heterocycles. The lowest BCUT2D eigenvalue weighted by Crippen LogP contribution is -2.10. The number of nitrogen functional groups attached to an aromatic ring is 1. The van der Waals surface area contributed by atoms with Gasteiger partial charge in [-0.3, -0.25) is 4.98 Å². The first-order valence-corrected chi connectivity index (χ1v) is 4.55. The number of nitrogens with two attached hydrogens (primary N) is 1. The number of hydrogen-bond donors (Lipinski definition) is 2. The Kier molecular flexibility index (Phi) is 2.59. The van der Waals surface area contributed by atoms with Crippen LogP contribution in [0.15, 0.2) is 24.8 Å². The summed E-state index contributed by atoms with van der Waals surface area (Å²) >= 11 is 0. The van der Waals surface area contributed by atoms with Crippen molar-refractivity contribution in [1.82, 2.24) is 19.5 Å². The number of hydrogen-bond acceptors (Lipinski definition) is 5. The fraction of sp³-hybridized carbons (Fsp3) is 0.222. The lowest BCUT2D eigenvalue weighted by Gasteiger charge is -2.04. The average molecular weight is 204 g/mol. The molecule has 0 aromatic carbocycles. The highest BCUT2D eigenvalue weighted by Crippen LogP contribution is 2.03. The zero-order valence-corrected chi connectivity index (χ0v) is 8.38. The van der Waals surface area contributed by atoms with Crippen molar-refractivity contribution in [3.8, 4) is 0 Å². The Morgan fingerprint density at radius 2 is 2.20 bits per heavy atom. The van der Waals surface area contributed by atoms with Gasteiger partial charge in [-0.15, -0.1) is 0 Å². The van der Waals surface area contributed by atoms with Crippen LogP contribution in [0.5, 0.6) is 0 Å². The highest BCUT2D eigenvalue weighted by atomic mass is 15.3. The van der Waals surface area contributed by atoms with Crippen LogP contribution in [0.3, 0.4) is 0 Å². The highest BCUT2D eigenvalue weighted by Gasteiger charge is 2.00. The predicted molar refractivity (Wildman–Crippen MR) is 55.9 cm³/mol. The number of aryl methyl sites for hydroxylation is 1. The Balaban J connectivity index is 2.14. The van der Waals surface area contributed by atoms with Crippen LogP contribution in [0.1, 0.15) is 11.5 Å². The average Bonchev–Trinajstić information content (AvgIpc) is 2.66. The summed E-state index contributed by atoms with van der Waals surface area (Å²) in [5.74, 6) is 6.71. The maximum atomic E-state index is 5.19. The van der Waals surface area contributed by atoms with Crippen LogP contribution >= 0.6 is 0 Å². The van der Waals surface area contributed by atoms with E-state index in [1.165, 1.54) is 0 Å². The van der Waals surface area contributed by atoms with Gasteiger partial charge in [0.2, 0.25) is 0 Å². The summed E-state index contributed by atoms with van der Waals surface area (Å²) in [5.41, 5.74) is 3.30. The van der Waals surface area contributed by atoms with Crippen molar-refractivity contribution in [2.24, 2.45) is 5.84 Å². The largest absolute Gasteiger partial charge is 0.329 e. The number of rotatable bonds is 3. The van der Waals surface area contributed by atoms with Crippen molar-refractivity contribution >= 4 is 5.82 Å². The third kappa shape index (κ3) is 2.10. The fourth-order valence-electron chi connectivity index (χ4n) is 1.26. The van der Waals surface area contributed by atoms with Crippen LogP contribution in [-0.2, 0) is 6.54 Å². The molecular weight excluding hydrogens is 192 g/mol. The van der Waals surface area contributed by atoms with Gasteiger partial charge in [-0.1, -0.05) is 0 Å². The Morgan fingerprint density at radius 3 is 2.73 bits per heavy atom. The maximum absolute atomic E-state index is 5.19. The monoisotopic (exact) mass is 204 g/mol. The van der Waals surface area contributed by atoms with E-state index in [9.17, 15) is 0 Å². The van der Waals surface area contributed by atoms with Crippen LogP contribution in [0.4, 0.5) is 5.82 Å². The van der Waals surface area contributed by atoms with Crippen LogP contribution in [-0.4, -0.2) is 19.5 Å². The van der Waals surface area contributed by atoms with Gasteiger partial charge in [-0.25, -0.2) is 15.8 Å². The second-order valence-corrected chi connectivity index (χ2v) is 3.14. The van der Waals surface area contributed by atoms with Crippen molar-refractivity contribution in [2.45, 2.75) is 13.5 Å². The van der Waals surface area contributed by atoms with Crippen molar-refractivity contribution in [3.63, 3.8) is 0 Å². The van der Waals surface area contributed by atoms with E-state index in [4.69, 9.17) is 5.84 Å². The van der Waals surface area contributed by atoms with Crippen molar-refractivity contribution in [2.75, 3.05) is 5.43 Å². The Bertz CT molecular complexity index is 432. The van der Waals surface area contributed by atoms with Gasteiger partial charge in [0.1, 0.15) is 5.82 Å². The first-order chi connectivity index (χ1) is 7.29. The molecule has 15 heavy (non-hydrogen) atoms. The van der Waals surface area contributed by atoms with Gasteiger partial charge in [0.25, 0.3) is 0 Å². The Labute approximate surface area is 87.2 Å². The van der Waals surface area contributed by atoms with E-state index in [0.29, 0.717) is 12.4 Å². The molecule has 0 bridgehead atoms. The zero-order chi connectivity index (χ0) is 10.7. The molecule has 0 atom stereocenters. The lowest BCUT2D eigenvalue weighted by molar-refractivity contribution is 0.738. The number of nitrogens with one attached hydrogen (secondary N) is 1. The molecule has 0 saturated carbocycles. The molecule has 0 radical (unpaired) electrons. The summed E-state index contributed by atoms with van der Waals surface area (Å²) in [6.45, 7) is 2.62. The second-order valence-electron chi connectivity index (χ2n) is 3.14. The van der Waals surface area contributed by atoms with Gasteiger partial charge in [-0.05, 0) is 6.92 Å². The molecule has 0 unspecified atom stereocenters. The number of hydrazine groups is 1. The molecule has 2 rings (SSSR count). The van der Waals surface area contributed by atoms with Gasteiger partial charge in [0, 0.05) is 12.4 Å². The minimum Gasteiger partial charge on any atom is -0.329 e. The van der Waals surface area contributed by atoms with E-state index in [1.807, 2.05) is 17.7 Å². The number of anilines is 1. The van der Waals surface area contributed by atoms with Gasteiger partial charge >= 0.3 is 0 Å². The minimum absolute atomic E-state index is 0.557. The van der Waals surface area contributed by atoms with Crippen LogP contribution < -0.4 is 11.3 Å². The summed E-state index contributed by atoms with van der Waals surface area (Å²) < 4.78 is 2.00. The number of imidazole rings is 1.